The molecular formula is C29H33N3O4. The molecule has 0 aliphatic rings. The lowest BCUT2D eigenvalue weighted by Gasteiger charge is -2.20. The average molecular weight is 488 g/mol. The van der Waals surface area contributed by atoms with E-state index in [4.69, 9.17) is 15.1 Å². The van der Waals surface area contributed by atoms with Crippen LogP contribution >= 0.6 is 0 Å². The van der Waals surface area contributed by atoms with Crippen molar-refractivity contribution in [3.8, 4) is 17.6 Å². The third-order valence-corrected chi connectivity index (χ3v) is 5.47. The van der Waals surface area contributed by atoms with E-state index in [1.165, 1.54) is 0 Å². The van der Waals surface area contributed by atoms with Crippen LogP contribution in [-0.4, -0.2) is 35.5 Å². The number of amides is 1. The number of aryl methyl sites for hydroxylation is 2. The van der Waals surface area contributed by atoms with Crippen LogP contribution < -0.4 is 10.1 Å². The molecule has 2 aromatic carbocycles. The van der Waals surface area contributed by atoms with Gasteiger partial charge in [-0.3, -0.25) is 9.59 Å². The van der Waals surface area contributed by atoms with E-state index in [1.807, 2.05) is 56.4 Å². The van der Waals surface area contributed by atoms with Crippen molar-refractivity contribution in [1.82, 2.24) is 10.2 Å². The minimum absolute atomic E-state index is 0.0886. The molecule has 7 heteroatoms. The first-order valence-electron chi connectivity index (χ1n) is 11.7. The molecule has 0 heterocycles. The van der Waals surface area contributed by atoms with Gasteiger partial charge in [0.1, 0.15) is 11.5 Å². The standard InChI is InChI=1S/C29H33N3O4/c1-5-16-32(4)27(11-6-8-21(2)19-30)29(35)31-20-23-9-7-10-25(18-23)36-26-14-12-24(22(3)17-26)13-15-28(33)34/h5,7-12,14,17-18H,1,6,13,15-16,20H2,2-4H3,(H,31,35)(H,33,34)/b21-8+,27-11-. The van der Waals surface area contributed by atoms with Gasteiger partial charge >= 0.3 is 5.97 Å². The monoisotopic (exact) mass is 487 g/mol. The van der Waals surface area contributed by atoms with Gasteiger partial charge in [-0.15, -0.1) is 6.58 Å². The second-order valence-electron chi connectivity index (χ2n) is 8.41. The molecule has 0 saturated heterocycles. The molecule has 188 valence electrons. The van der Waals surface area contributed by atoms with Gasteiger partial charge in [0.25, 0.3) is 5.91 Å². The molecule has 0 unspecified atom stereocenters. The first-order chi connectivity index (χ1) is 17.2. The summed E-state index contributed by atoms with van der Waals surface area (Å²) in [4.78, 5) is 25.5. The Morgan fingerprint density at radius 3 is 2.61 bits per heavy atom. The van der Waals surface area contributed by atoms with Crippen LogP contribution in [0.15, 0.2) is 78.5 Å². The Labute approximate surface area is 213 Å². The van der Waals surface area contributed by atoms with E-state index in [-0.39, 0.29) is 12.3 Å². The van der Waals surface area contributed by atoms with Crippen molar-refractivity contribution in [3.05, 3.63) is 95.2 Å². The summed E-state index contributed by atoms with van der Waals surface area (Å²) in [6.07, 6.45) is 6.33. The zero-order valence-corrected chi connectivity index (χ0v) is 21.1. The maximum absolute atomic E-state index is 12.9. The van der Waals surface area contributed by atoms with Crippen molar-refractivity contribution >= 4 is 11.9 Å². The summed E-state index contributed by atoms with van der Waals surface area (Å²) < 4.78 is 6.00. The average Bonchev–Trinajstić information content (AvgIpc) is 2.84. The molecule has 0 saturated carbocycles. The van der Waals surface area contributed by atoms with Gasteiger partial charge < -0.3 is 20.1 Å². The van der Waals surface area contributed by atoms with Crippen molar-refractivity contribution in [1.29, 1.82) is 5.26 Å². The van der Waals surface area contributed by atoms with Gasteiger partial charge in [-0.1, -0.05) is 36.4 Å². The van der Waals surface area contributed by atoms with E-state index in [0.29, 0.717) is 48.7 Å². The minimum atomic E-state index is -0.820. The number of carboxylic acids is 1. The highest BCUT2D eigenvalue weighted by atomic mass is 16.5. The van der Waals surface area contributed by atoms with Crippen LogP contribution in [0, 0.1) is 18.3 Å². The molecule has 0 radical (unpaired) electrons. The fraction of sp³-hybridized carbons (Fsp3) is 0.276. The van der Waals surface area contributed by atoms with Gasteiger partial charge in [-0.25, -0.2) is 0 Å². The van der Waals surface area contributed by atoms with Crippen LogP contribution in [0.1, 0.15) is 36.5 Å². The van der Waals surface area contributed by atoms with Crippen LogP contribution in [0.4, 0.5) is 0 Å². The molecule has 0 atom stereocenters. The molecular weight excluding hydrogens is 454 g/mol. The van der Waals surface area contributed by atoms with Crippen LogP contribution in [0.3, 0.4) is 0 Å². The van der Waals surface area contributed by atoms with Crippen molar-refractivity contribution in [2.24, 2.45) is 0 Å². The second-order valence-corrected chi connectivity index (χ2v) is 8.41. The number of benzene rings is 2. The Hall–Kier alpha value is -4.31. The number of hydrogen-bond acceptors (Lipinski definition) is 5. The van der Waals surface area contributed by atoms with Crippen LogP contribution in [0.25, 0.3) is 0 Å². The van der Waals surface area contributed by atoms with Crippen molar-refractivity contribution in [2.45, 2.75) is 39.7 Å². The fourth-order valence-electron chi connectivity index (χ4n) is 3.49. The summed E-state index contributed by atoms with van der Waals surface area (Å²) in [6, 6.07) is 15.2. The largest absolute Gasteiger partial charge is 0.481 e. The Kier molecular flexibility index (Phi) is 11.0. The summed E-state index contributed by atoms with van der Waals surface area (Å²) in [5, 5.41) is 20.8. The predicted octanol–water partition coefficient (Wildman–Crippen LogP) is 5.28. The van der Waals surface area contributed by atoms with Gasteiger partial charge in [0.15, 0.2) is 0 Å². The second kappa shape index (κ2) is 14.2. The molecule has 7 nitrogen and oxygen atoms in total. The normalized spacial score (nSPS) is 11.4. The number of nitriles is 1. The third kappa shape index (κ3) is 9.15. The molecule has 0 aliphatic heterocycles. The number of allylic oxidation sites excluding steroid dienone is 3. The Balaban J connectivity index is 2.06. The van der Waals surface area contributed by atoms with E-state index in [0.717, 1.165) is 16.7 Å². The highest BCUT2D eigenvalue weighted by molar-refractivity contribution is 5.92. The number of rotatable bonds is 13. The van der Waals surface area contributed by atoms with E-state index < -0.39 is 5.97 Å². The Morgan fingerprint density at radius 1 is 1.19 bits per heavy atom. The van der Waals surface area contributed by atoms with E-state index in [1.54, 1.807) is 30.1 Å². The van der Waals surface area contributed by atoms with Gasteiger partial charge in [0.05, 0.1) is 11.8 Å². The Bertz CT molecular complexity index is 1190. The van der Waals surface area contributed by atoms with Crippen LogP contribution in [0.2, 0.25) is 0 Å². The quantitative estimate of drug-likeness (QED) is 0.226. The van der Waals surface area contributed by atoms with Crippen LogP contribution in [-0.2, 0) is 22.6 Å². The first kappa shape index (κ1) is 27.9. The smallest absolute Gasteiger partial charge is 0.303 e. The molecule has 36 heavy (non-hydrogen) atoms. The van der Waals surface area contributed by atoms with E-state index in [9.17, 15) is 9.59 Å². The van der Waals surface area contributed by atoms with Crippen molar-refractivity contribution in [2.75, 3.05) is 13.6 Å². The molecule has 0 bridgehead atoms. The predicted molar refractivity (Wildman–Crippen MR) is 140 cm³/mol. The molecule has 0 aliphatic carbocycles. The highest BCUT2D eigenvalue weighted by Gasteiger charge is 2.13. The lowest BCUT2D eigenvalue weighted by atomic mass is 10.0. The zero-order chi connectivity index (χ0) is 26.5. The van der Waals surface area contributed by atoms with Gasteiger partial charge in [-0.05, 0) is 67.6 Å². The SMILES string of the molecule is C=CCN(C)/C(=C\C/C=C(\C)C#N)C(=O)NCc1cccc(Oc2ccc(CCC(=O)O)c(C)c2)c1. The number of likely N-dealkylation sites (N-methyl/N-ethyl adjacent to an activating group) is 1. The number of nitrogens with zero attached hydrogens (tertiary/aromatic N) is 2. The Morgan fingerprint density at radius 2 is 1.94 bits per heavy atom. The van der Waals surface area contributed by atoms with E-state index >= 15 is 0 Å². The number of carbonyl (C=O) groups is 2. The first-order valence-corrected chi connectivity index (χ1v) is 11.7. The maximum Gasteiger partial charge on any atom is 0.303 e. The van der Waals surface area contributed by atoms with Gasteiger partial charge in [0, 0.05) is 32.1 Å². The summed E-state index contributed by atoms with van der Waals surface area (Å²) in [7, 11) is 1.82. The molecule has 0 spiro atoms. The molecule has 2 aromatic rings. The maximum atomic E-state index is 12.9. The zero-order valence-electron chi connectivity index (χ0n) is 21.1. The summed E-state index contributed by atoms with van der Waals surface area (Å²) in [6.45, 7) is 8.22. The molecule has 0 fully saturated rings. The van der Waals surface area contributed by atoms with E-state index in [2.05, 4.69) is 18.0 Å². The summed E-state index contributed by atoms with van der Waals surface area (Å²) in [5.41, 5.74) is 3.92. The third-order valence-electron chi connectivity index (χ3n) is 5.47. The fourth-order valence-corrected chi connectivity index (χ4v) is 3.49. The molecule has 0 aromatic heterocycles. The lowest BCUT2D eigenvalue weighted by Crippen LogP contribution is -2.33. The number of aliphatic carboxylic acids is 1. The topological polar surface area (TPSA) is 103 Å². The summed E-state index contributed by atoms with van der Waals surface area (Å²) >= 11 is 0. The number of nitrogens with one attached hydrogen (secondary N) is 1. The molecule has 1 amide bonds. The number of carboxylic acid groups (broad SMARTS) is 1. The molecule has 2 N–H and O–H groups in total. The number of carbonyl (C=O) groups excluding carboxylic acids is 1. The van der Waals surface area contributed by atoms with Crippen molar-refractivity contribution < 1.29 is 19.4 Å². The number of ether oxygens (including phenoxy) is 1. The van der Waals surface area contributed by atoms with Crippen LogP contribution in [0.5, 0.6) is 11.5 Å². The minimum Gasteiger partial charge on any atom is -0.481 e. The number of hydrogen-bond donors (Lipinski definition) is 2. The highest BCUT2D eigenvalue weighted by Crippen LogP contribution is 2.25. The molecule has 2 rings (SSSR count). The summed E-state index contributed by atoms with van der Waals surface area (Å²) in [5.74, 6) is 0.252. The van der Waals surface area contributed by atoms with Gasteiger partial charge in [-0.2, -0.15) is 5.26 Å². The van der Waals surface area contributed by atoms with Crippen molar-refractivity contribution in [3.63, 3.8) is 0 Å². The van der Waals surface area contributed by atoms with Gasteiger partial charge in [0.2, 0.25) is 0 Å². The lowest BCUT2D eigenvalue weighted by molar-refractivity contribution is -0.137.